The maximum Gasteiger partial charge on any atom is 0.296 e. The molecule has 0 bridgehead atoms. The third-order valence-corrected chi connectivity index (χ3v) is 4.57. The van der Waals surface area contributed by atoms with Crippen molar-refractivity contribution in [3.63, 3.8) is 0 Å². The zero-order chi connectivity index (χ0) is 15.3. The average molecular weight is 304 g/mol. The number of benzene rings is 2. The Kier molecular flexibility index (Phi) is 5.15. The van der Waals surface area contributed by atoms with E-state index in [1.807, 2.05) is 32.0 Å². The van der Waals surface area contributed by atoms with E-state index in [2.05, 4.69) is 6.07 Å². The molecule has 2 aromatic rings. The van der Waals surface area contributed by atoms with Crippen molar-refractivity contribution in [3.8, 4) is 0 Å². The van der Waals surface area contributed by atoms with Crippen LogP contribution in [0.5, 0.6) is 0 Å². The minimum Gasteiger partial charge on any atom is -0.266 e. The van der Waals surface area contributed by atoms with E-state index in [1.165, 1.54) is 11.1 Å². The van der Waals surface area contributed by atoms with E-state index in [-0.39, 0.29) is 11.5 Å². The molecule has 0 saturated heterocycles. The SMILES string of the molecule is Cc1ccc(S(=O)(=O)OCCCc2cccc(C)c2)cc1. The van der Waals surface area contributed by atoms with Crippen molar-refractivity contribution >= 4 is 10.1 Å². The highest BCUT2D eigenvalue weighted by Crippen LogP contribution is 2.14. The zero-order valence-corrected chi connectivity index (χ0v) is 13.2. The van der Waals surface area contributed by atoms with Crippen LogP contribution < -0.4 is 0 Å². The Morgan fingerprint density at radius 2 is 1.67 bits per heavy atom. The van der Waals surface area contributed by atoms with E-state index in [0.717, 1.165) is 12.0 Å². The molecule has 0 aliphatic heterocycles. The molecule has 0 amide bonds. The summed E-state index contributed by atoms with van der Waals surface area (Å²) >= 11 is 0. The lowest BCUT2D eigenvalue weighted by molar-refractivity contribution is 0.312. The molecule has 0 N–H and O–H groups in total. The summed E-state index contributed by atoms with van der Waals surface area (Å²) in [6.07, 6.45) is 1.49. The summed E-state index contributed by atoms with van der Waals surface area (Å²) in [4.78, 5) is 0.212. The van der Waals surface area contributed by atoms with Crippen molar-refractivity contribution in [1.82, 2.24) is 0 Å². The van der Waals surface area contributed by atoms with E-state index >= 15 is 0 Å². The Bertz CT molecular complexity index is 688. The van der Waals surface area contributed by atoms with Crippen LogP contribution in [0.15, 0.2) is 53.4 Å². The van der Waals surface area contributed by atoms with Crippen molar-refractivity contribution in [1.29, 1.82) is 0 Å². The Labute approximate surface area is 126 Å². The summed E-state index contributed by atoms with van der Waals surface area (Å²) in [6.45, 7) is 4.16. The second kappa shape index (κ2) is 6.87. The van der Waals surface area contributed by atoms with E-state index in [0.29, 0.717) is 6.42 Å². The van der Waals surface area contributed by atoms with E-state index in [1.54, 1.807) is 24.3 Å². The molecule has 0 aliphatic carbocycles. The van der Waals surface area contributed by atoms with Crippen LogP contribution in [0.1, 0.15) is 23.1 Å². The Morgan fingerprint density at radius 3 is 2.33 bits per heavy atom. The molecule has 0 fully saturated rings. The van der Waals surface area contributed by atoms with Gasteiger partial charge in [0.15, 0.2) is 0 Å². The standard InChI is InChI=1S/C17H20O3S/c1-14-8-10-17(11-9-14)21(18,19)20-12-4-7-16-6-3-5-15(2)13-16/h3,5-6,8-11,13H,4,7,12H2,1-2H3. The van der Waals surface area contributed by atoms with Crippen molar-refractivity contribution in [2.24, 2.45) is 0 Å². The molecule has 0 unspecified atom stereocenters. The van der Waals surface area contributed by atoms with Crippen LogP contribution in [0.25, 0.3) is 0 Å². The van der Waals surface area contributed by atoms with Gasteiger partial charge in [-0.25, -0.2) is 0 Å². The Hall–Kier alpha value is -1.65. The monoisotopic (exact) mass is 304 g/mol. The van der Waals surface area contributed by atoms with Crippen LogP contribution in [-0.4, -0.2) is 15.0 Å². The van der Waals surface area contributed by atoms with Gasteiger partial charge in [-0.1, -0.05) is 47.5 Å². The highest BCUT2D eigenvalue weighted by molar-refractivity contribution is 7.86. The largest absolute Gasteiger partial charge is 0.296 e. The van der Waals surface area contributed by atoms with Crippen LogP contribution >= 0.6 is 0 Å². The minimum absolute atomic E-state index is 0.199. The van der Waals surface area contributed by atoms with Crippen LogP contribution in [0.4, 0.5) is 0 Å². The third kappa shape index (κ3) is 4.69. The topological polar surface area (TPSA) is 43.4 Å². The lowest BCUT2D eigenvalue weighted by atomic mass is 10.1. The molecule has 0 aromatic heterocycles. The molecule has 3 nitrogen and oxygen atoms in total. The van der Waals surface area contributed by atoms with Crippen LogP contribution in [-0.2, 0) is 20.7 Å². The van der Waals surface area contributed by atoms with Crippen LogP contribution in [0, 0.1) is 13.8 Å². The number of hydrogen-bond donors (Lipinski definition) is 0. The first-order chi connectivity index (χ1) is 9.97. The fourth-order valence-corrected chi connectivity index (χ4v) is 3.03. The van der Waals surface area contributed by atoms with Crippen molar-refractivity contribution in [2.45, 2.75) is 31.6 Å². The van der Waals surface area contributed by atoms with Gasteiger partial charge in [-0.3, -0.25) is 4.18 Å². The van der Waals surface area contributed by atoms with E-state index in [4.69, 9.17) is 4.18 Å². The van der Waals surface area contributed by atoms with Gasteiger partial charge in [-0.15, -0.1) is 0 Å². The van der Waals surface area contributed by atoms with Crippen molar-refractivity contribution in [3.05, 3.63) is 65.2 Å². The van der Waals surface area contributed by atoms with Gasteiger partial charge in [0.1, 0.15) is 0 Å². The normalized spacial score (nSPS) is 11.5. The van der Waals surface area contributed by atoms with Gasteiger partial charge in [0.2, 0.25) is 0 Å². The van der Waals surface area contributed by atoms with Crippen LogP contribution in [0.2, 0.25) is 0 Å². The summed E-state index contributed by atoms with van der Waals surface area (Å²) in [5.74, 6) is 0. The summed E-state index contributed by atoms with van der Waals surface area (Å²) < 4.78 is 29.1. The summed E-state index contributed by atoms with van der Waals surface area (Å²) in [7, 11) is -3.64. The Balaban J connectivity index is 1.86. The summed E-state index contributed by atoms with van der Waals surface area (Å²) in [5.41, 5.74) is 3.43. The number of aryl methyl sites for hydroxylation is 3. The number of hydrogen-bond acceptors (Lipinski definition) is 3. The highest BCUT2D eigenvalue weighted by Gasteiger charge is 2.14. The van der Waals surface area contributed by atoms with E-state index in [9.17, 15) is 8.42 Å². The quantitative estimate of drug-likeness (QED) is 0.604. The highest BCUT2D eigenvalue weighted by atomic mass is 32.2. The first kappa shape index (κ1) is 15.7. The van der Waals surface area contributed by atoms with Crippen molar-refractivity contribution in [2.75, 3.05) is 6.61 Å². The average Bonchev–Trinajstić information content (AvgIpc) is 2.44. The smallest absolute Gasteiger partial charge is 0.266 e. The minimum atomic E-state index is -3.64. The molecule has 0 saturated carbocycles. The molecule has 2 aromatic carbocycles. The molecule has 0 aliphatic rings. The Morgan fingerprint density at radius 1 is 0.952 bits per heavy atom. The van der Waals surface area contributed by atoms with Gasteiger partial charge in [-0.2, -0.15) is 8.42 Å². The molecule has 0 spiro atoms. The molecule has 4 heteroatoms. The van der Waals surface area contributed by atoms with Gasteiger partial charge in [0, 0.05) is 0 Å². The molecular weight excluding hydrogens is 284 g/mol. The zero-order valence-electron chi connectivity index (χ0n) is 12.4. The van der Waals surface area contributed by atoms with Gasteiger partial charge in [0.25, 0.3) is 10.1 Å². The van der Waals surface area contributed by atoms with Gasteiger partial charge >= 0.3 is 0 Å². The molecule has 112 valence electrons. The summed E-state index contributed by atoms with van der Waals surface area (Å²) in [6, 6.07) is 14.9. The second-order valence-electron chi connectivity index (χ2n) is 5.18. The predicted octanol–water partition coefficient (Wildman–Crippen LogP) is 3.64. The van der Waals surface area contributed by atoms with E-state index < -0.39 is 10.1 Å². The first-order valence-corrected chi connectivity index (χ1v) is 8.40. The fourth-order valence-electron chi connectivity index (χ4n) is 2.09. The molecular formula is C17H20O3S. The van der Waals surface area contributed by atoms with Gasteiger partial charge in [-0.05, 0) is 44.4 Å². The van der Waals surface area contributed by atoms with Gasteiger partial charge in [0.05, 0.1) is 11.5 Å². The van der Waals surface area contributed by atoms with Crippen LogP contribution in [0.3, 0.4) is 0 Å². The fraction of sp³-hybridized carbons (Fsp3) is 0.294. The summed E-state index contributed by atoms with van der Waals surface area (Å²) in [5, 5.41) is 0. The molecule has 0 heterocycles. The lowest BCUT2D eigenvalue weighted by Gasteiger charge is -2.06. The van der Waals surface area contributed by atoms with Gasteiger partial charge < -0.3 is 0 Å². The van der Waals surface area contributed by atoms with Crippen molar-refractivity contribution < 1.29 is 12.6 Å². The predicted molar refractivity (Wildman–Crippen MR) is 83.8 cm³/mol. The second-order valence-corrected chi connectivity index (χ2v) is 6.80. The maximum absolute atomic E-state index is 12.0. The first-order valence-electron chi connectivity index (χ1n) is 6.99. The molecule has 0 radical (unpaired) electrons. The molecule has 2 rings (SSSR count). The number of rotatable bonds is 6. The lowest BCUT2D eigenvalue weighted by Crippen LogP contribution is -2.08. The third-order valence-electron chi connectivity index (χ3n) is 3.24. The molecule has 0 atom stereocenters. The maximum atomic E-state index is 12.0. The molecule has 21 heavy (non-hydrogen) atoms.